The summed E-state index contributed by atoms with van der Waals surface area (Å²) < 4.78 is 17.6. The second kappa shape index (κ2) is 5.80. The lowest BCUT2D eigenvalue weighted by atomic mass is 10.1. The number of carbonyl (C=O) groups is 1. The van der Waals surface area contributed by atoms with E-state index < -0.39 is 11.7 Å². The van der Waals surface area contributed by atoms with Crippen molar-refractivity contribution in [3.63, 3.8) is 0 Å². The number of amides is 1. The summed E-state index contributed by atoms with van der Waals surface area (Å²) in [5, 5.41) is 2.99. The van der Waals surface area contributed by atoms with Gasteiger partial charge in [-0.25, -0.2) is 9.37 Å². The first-order valence-corrected chi connectivity index (χ1v) is 7.93. The molecular weight excluding hydrogens is 410 g/mol. The van der Waals surface area contributed by atoms with Crippen LogP contribution < -0.4 is 11.1 Å². The fraction of sp³-hybridized carbons (Fsp3) is 0.125. The first-order chi connectivity index (χ1) is 10.9. The number of fused-ring (bicyclic) bond motifs is 1. The minimum Gasteiger partial charge on any atom is -0.366 e. The van der Waals surface area contributed by atoms with Crippen molar-refractivity contribution in [2.75, 3.05) is 5.32 Å². The molecule has 2 aromatic carbocycles. The van der Waals surface area contributed by atoms with Gasteiger partial charge in [-0.05, 0) is 59.3 Å². The van der Waals surface area contributed by atoms with Gasteiger partial charge in [0.15, 0.2) is 5.82 Å². The fourth-order valence-corrected chi connectivity index (χ4v) is 3.09. The molecular formula is C16H14FIN4O. The zero-order valence-electron chi connectivity index (χ0n) is 12.5. The van der Waals surface area contributed by atoms with Crippen molar-refractivity contribution in [2.24, 2.45) is 12.8 Å². The highest BCUT2D eigenvalue weighted by molar-refractivity contribution is 14.1. The third-order valence-electron chi connectivity index (χ3n) is 3.67. The van der Waals surface area contributed by atoms with Gasteiger partial charge in [0, 0.05) is 16.3 Å². The minimum atomic E-state index is -0.697. The van der Waals surface area contributed by atoms with E-state index in [4.69, 9.17) is 5.73 Å². The van der Waals surface area contributed by atoms with Crippen LogP contribution in [-0.4, -0.2) is 15.5 Å². The minimum absolute atomic E-state index is 0.0491. The normalized spacial score (nSPS) is 11.0. The van der Waals surface area contributed by atoms with E-state index in [9.17, 15) is 9.18 Å². The van der Waals surface area contributed by atoms with Crippen molar-refractivity contribution in [2.45, 2.75) is 6.92 Å². The zero-order chi connectivity index (χ0) is 16.7. The Kier molecular flexibility index (Phi) is 3.97. The SMILES string of the molecule is Cc1cc(I)ccc1Nc1c(C(N)=O)cc2c(ncn2C)c1F. The van der Waals surface area contributed by atoms with Crippen LogP contribution in [0.25, 0.3) is 11.0 Å². The average Bonchev–Trinajstić information content (AvgIpc) is 2.85. The molecule has 0 saturated carbocycles. The Hall–Kier alpha value is -2.16. The maximum Gasteiger partial charge on any atom is 0.251 e. The predicted octanol–water partition coefficient (Wildman–Crippen LogP) is 3.47. The number of rotatable bonds is 3. The Bertz CT molecular complexity index is 935. The van der Waals surface area contributed by atoms with Gasteiger partial charge in [0.25, 0.3) is 5.91 Å². The molecule has 118 valence electrons. The first-order valence-electron chi connectivity index (χ1n) is 6.85. The molecule has 3 aromatic rings. The summed E-state index contributed by atoms with van der Waals surface area (Å²) >= 11 is 2.20. The van der Waals surface area contributed by atoms with E-state index in [0.29, 0.717) is 11.2 Å². The topological polar surface area (TPSA) is 72.9 Å². The maximum absolute atomic E-state index is 14.9. The Morgan fingerprint density at radius 3 is 2.78 bits per heavy atom. The van der Waals surface area contributed by atoms with E-state index in [2.05, 4.69) is 32.9 Å². The van der Waals surface area contributed by atoms with Crippen LogP contribution in [-0.2, 0) is 7.05 Å². The van der Waals surface area contributed by atoms with Gasteiger partial charge in [0.1, 0.15) is 5.52 Å². The number of aryl methyl sites for hydroxylation is 2. The lowest BCUT2D eigenvalue weighted by Gasteiger charge is -2.14. The molecule has 7 heteroatoms. The van der Waals surface area contributed by atoms with Crippen molar-refractivity contribution in [1.29, 1.82) is 0 Å². The summed E-state index contributed by atoms with van der Waals surface area (Å²) in [5.74, 6) is -1.28. The molecule has 0 unspecified atom stereocenters. The number of nitrogens with two attached hydrogens (primary N) is 1. The van der Waals surface area contributed by atoms with E-state index in [1.165, 1.54) is 6.33 Å². The molecule has 0 aliphatic carbocycles. The maximum atomic E-state index is 14.9. The highest BCUT2D eigenvalue weighted by Crippen LogP contribution is 2.31. The van der Waals surface area contributed by atoms with Crippen LogP contribution in [0, 0.1) is 16.3 Å². The molecule has 0 radical (unpaired) electrons. The number of carbonyl (C=O) groups excluding carboxylic acids is 1. The summed E-state index contributed by atoms with van der Waals surface area (Å²) in [6, 6.07) is 7.25. The number of halogens is 2. The van der Waals surface area contributed by atoms with Crippen LogP contribution >= 0.6 is 22.6 Å². The largest absolute Gasteiger partial charge is 0.366 e. The number of primary amides is 1. The molecule has 1 aromatic heterocycles. The van der Waals surface area contributed by atoms with E-state index >= 15 is 0 Å². The molecule has 0 spiro atoms. The van der Waals surface area contributed by atoms with Gasteiger partial charge in [-0.3, -0.25) is 4.79 Å². The molecule has 1 heterocycles. The van der Waals surface area contributed by atoms with Crippen LogP contribution in [0.5, 0.6) is 0 Å². The Morgan fingerprint density at radius 2 is 2.13 bits per heavy atom. The summed E-state index contributed by atoms with van der Waals surface area (Å²) in [4.78, 5) is 15.8. The van der Waals surface area contributed by atoms with Crippen molar-refractivity contribution in [1.82, 2.24) is 9.55 Å². The monoisotopic (exact) mass is 424 g/mol. The predicted molar refractivity (Wildman–Crippen MR) is 96.4 cm³/mol. The van der Waals surface area contributed by atoms with Gasteiger partial charge in [0.05, 0.1) is 23.1 Å². The zero-order valence-corrected chi connectivity index (χ0v) is 14.7. The van der Waals surface area contributed by atoms with E-state index in [1.54, 1.807) is 17.7 Å². The number of hydrogen-bond donors (Lipinski definition) is 2. The van der Waals surface area contributed by atoms with Crippen molar-refractivity contribution >= 4 is 50.9 Å². The van der Waals surface area contributed by atoms with Crippen molar-refractivity contribution in [3.05, 3.63) is 51.1 Å². The molecule has 0 aliphatic rings. The van der Waals surface area contributed by atoms with Gasteiger partial charge in [-0.1, -0.05) is 0 Å². The van der Waals surface area contributed by atoms with Gasteiger partial charge in [-0.15, -0.1) is 0 Å². The number of imidazole rings is 1. The Morgan fingerprint density at radius 1 is 1.39 bits per heavy atom. The summed E-state index contributed by atoms with van der Waals surface area (Å²) in [6.45, 7) is 1.91. The van der Waals surface area contributed by atoms with E-state index in [1.807, 2.05) is 25.1 Å². The molecule has 0 bridgehead atoms. The quantitative estimate of drug-likeness (QED) is 0.633. The third kappa shape index (κ3) is 2.76. The number of benzene rings is 2. The van der Waals surface area contributed by atoms with Gasteiger partial charge in [-0.2, -0.15) is 0 Å². The summed E-state index contributed by atoms with van der Waals surface area (Å²) in [7, 11) is 1.73. The van der Waals surface area contributed by atoms with Crippen molar-refractivity contribution < 1.29 is 9.18 Å². The van der Waals surface area contributed by atoms with E-state index in [-0.39, 0.29) is 16.8 Å². The van der Waals surface area contributed by atoms with Crippen LogP contribution in [0.15, 0.2) is 30.6 Å². The number of nitrogens with zero attached hydrogens (tertiary/aromatic N) is 2. The summed E-state index contributed by atoms with van der Waals surface area (Å²) in [5.41, 5.74) is 7.94. The molecule has 5 nitrogen and oxygen atoms in total. The Balaban J connectivity index is 2.21. The fourth-order valence-electron chi connectivity index (χ4n) is 2.44. The molecule has 0 fully saturated rings. The molecule has 0 aliphatic heterocycles. The highest BCUT2D eigenvalue weighted by Gasteiger charge is 2.20. The van der Waals surface area contributed by atoms with Crippen LogP contribution in [0.1, 0.15) is 15.9 Å². The molecule has 0 atom stereocenters. The molecule has 1 amide bonds. The van der Waals surface area contributed by atoms with Gasteiger partial charge in [0.2, 0.25) is 0 Å². The number of nitrogens with one attached hydrogen (secondary N) is 1. The smallest absolute Gasteiger partial charge is 0.251 e. The second-order valence-electron chi connectivity index (χ2n) is 5.28. The van der Waals surface area contributed by atoms with E-state index in [0.717, 1.165) is 9.13 Å². The molecule has 3 rings (SSSR count). The summed E-state index contributed by atoms with van der Waals surface area (Å²) in [6.07, 6.45) is 1.50. The standard InChI is InChI=1S/C16H14FIN4O/c1-8-5-9(18)3-4-11(8)21-14-10(16(19)23)6-12-15(13(14)17)20-7-22(12)2/h3-7,21H,1-2H3,(H2,19,23). The van der Waals surface area contributed by atoms with Crippen LogP contribution in [0.4, 0.5) is 15.8 Å². The van der Waals surface area contributed by atoms with Gasteiger partial charge < -0.3 is 15.6 Å². The van der Waals surface area contributed by atoms with Gasteiger partial charge >= 0.3 is 0 Å². The third-order valence-corrected chi connectivity index (χ3v) is 4.35. The number of aromatic nitrogens is 2. The van der Waals surface area contributed by atoms with Crippen LogP contribution in [0.3, 0.4) is 0 Å². The average molecular weight is 424 g/mol. The Labute approximate surface area is 145 Å². The first kappa shape index (κ1) is 15.7. The molecule has 23 heavy (non-hydrogen) atoms. The lowest BCUT2D eigenvalue weighted by molar-refractivity contribution is 0.100. The van der Waals surface area contributed by atoms with Crippen LogP contribution in [0.2, 0.25) is 0 Å². The second-order valence-corrected chi connectivity index (χ2v) is 6.53. The van der Waals surface area contributed by atoms with Crippen molar-refractivity contribution in [3.8, 4) is 0 Å². The molecule has 0 saturated heterocycles. The lowest BCUT2D eigenvalue weighted by Crippen LogP contribution is -2.15. The highest BCUT2D eigenvalue weighted by atomic mass is 127. The number of hydrogen-bond acceptors (Lipinski definition) is 3. The number of anilines is 2. The molecule has 3 N–H and O–H groups in total.